The zero-order valence-corrected chi connectivity index (χ0v) is 18.0. The van der Waals surface area contributed by atoms with Gasteiger partial charge in [-0.25, -0.2) is 17.9 Å². The number of hydrogen-bond donors (Lipinski definition) is 2. The predicted octanol–water partition coefficient (Wildman–Crippen LogP) is 3.18. The Morgan fingerprint density at radius 2 is 1.86 bits per heavy atom. The summed E-state index contributed by atoms with van der Waals surface area (Å²) < 4.78 is 32.3. The van der Waals surface area contributed by atoms with Gasteiger partial charge < -0.3 is 9.84 Å². The molecule has 3 atom stereocenters. The summed E-state index contributed by atoms with van der Waals surface area (Å²) in [5.41, 5.74) is 1.36. The number of nitrogens with one attached hydrogen (secondary N) is 1. The van der Waals surface area contributed by atoms with Crippen LogP contribution < -0.4 is 4.72 Å². The SMILES string of the molecule is CCC1CC(NS(C)(=O)=O)C(CO[C@H]2CC[C@@H](c3ccccc3)CC2)N1C(=O)O. The molecular formula is C21H32N2O5S. The third-order valence-electron chi connectivity index (χ3n) is 6.25. The average molecular weight is 425 g/mol. The minimum Gasteiger partial charge on any atom is -0.465 e. The van der Waals surface area contributed by atoms with Crippen molar-refractivity contribution in [3.63, 3.8) is 0 Å². The molecule has 0 radical (unpaired) electrons. The van der Waals surface area contributed by atoms with E-state index in [0.717, 1.165) is 31.9 Å². The van der Waals surface area contributed by atoms with Crippen molar-refractivity contribution in [2.75, 3.05) is 12.9 Å². The molecule has 2 N–H and O–H groups in total. The number of amides is 1. The maximum Gasteiger partial charge on any atom is 0.407 e. The summed E-state index contributed by atoms with van der Waals surface area (Å²) in [7, 11) is -3.43. The number of likely N-dealkylation sites (tertiary alicyclic amines) is 1. The van der Waals surface area contributed by atoms with E-state index in [9.17, 15) is 18.3 Å². The van der Waals surface area contributed by atoms with Gasteiger partial charge in [0.2, 0.25) is 10.0 Å². The van der Waals surface area contributed by atoms with E-state index in [-0.39, 0.29) is 18.8 Å². The fraction of sp³-hybridized carbons (Fsp3) is 0.667. The monoisotopic (exact) mass is 424 g/mol. The minimum absolute atomic E-state index is 0.0881. The van der Waals surface area contributed by atoms with Crippen molar-refractivity contribution in [2.45, 2.75) is 75.6 Å². The van der Waals surface area contributed by atoms with E-state index in [2.05, 4.69) is 29.0 Å². The average Bonchev–Trinajstić information content (AvgIpc) is 3.03. The van der Waals surface area contributed by atoms with E-state index in [0.29, 0.717) is 18.8 Å². The van der Waals surface area contributed by atoms with Crippen LogP contribution in [-0.4, -0.2) is 61.6 Å². The van der Waals surface area contributed by atoms with Gasteiger partial charge in [0.25, 0.3) is 0 Å². The van der Waals surface area contributed by atoms with Crippen LogP contribution in [0, 0.1) is 0 Å². The molecule has 1 amide bonds. The molecule has 3 rings (SSSR count). The Morgan fingerprint density at radius 3 is 2.41 bits per heavy atom. The zero-order chi connectivity index (χ0) is 21.0. The van der Waals surface area contributed by atoms with Crippen molar-refractivity contribution in [2.24, 2.45) is 0 Å². The quantitative estimate of drug-likeness (QED) is 0.701. The van der Waals surface area contributed by atoms with Crippen LogP contribution in [0.4, 0.5) is 4.79 Å². The van der Waals surface area contributed by atoms with Gasteiger partial charge in [0.15, 0.2) is 0 Å². The molecule has 0 spiro atoms. The number of ether oxygens (including phenoxy) is 1. The summed E-state index contributed by atoms with van der Waals surface area (Å²) in [6.45, 7) is 2.14. The third-order valence-corrected chi connectivity index (χ3v) is 6.98. The van der Waals surface area contributed by atoms with E-state index in [1.807, 2.05) is 13.0 Å². The van der Waals surface area contributed by atoms with E-state index < -0.39 is 28.2 Å². The van der Waals surface area contributed by atoms with E-state index >= 15 is 0 Å². The normalized spacial score (nSPS) is 30.4. The van der Waals surface area contributed by atoms with Gasteiger partial charge in [-0.15, -0.1) is 0 Å². The summed E-state index contributed by atoms with van der Waals surface area (Å²) in [6, 6.07) is 9.34. The van der Waals surface area contributed by atoms with Crippen molar-refractivity contribution in [3.05, 3.63) is 35.9 Å². The standard InChI is InChI=1S/C21H32N2O5S/c1-3-17-13-19(22-29(2,26)27)20(23(17)21(24)25)14-28-18-11-9-16(10-12-18)15-7-5-4-6-8-15/h4-8,16-20,22H,3,9-14H2,1-2H3,(H,24,25)/t16-,17?,18+,19?,20?. The van der Waals surface area contributed by atoms with E-state index in [1.54, 1.807) is 0 Å². The van der Waals surface area contributed by atoms with Gasteiger partial charge in [0.05, 0.1) is 25.0 Å². The van der Waals surface area contributed by atoms with Crippen LogP contribution in [-0.2, 0) is 14.8 Å². The highest BCUT2D eigenvalue weighted by Gasteiger charge is 2.44. The number of rotatable bonds is 7. The van der Waals surface area contributed by atoms with Gasteiger partial charge in [0.1, 0.15) is 0 Å². The lowest BCUT2D eigenvalue weighted by Crippen LogP contribution is -2.50. The van der Waals surface area contributed by atoms with E-state index in [1.165, 1.54) is 10.5 Å². The second kappa shape index (κ2) is 9.45. The fourth-order valence-electron chi connectivity index (χ4n) is 4.81. The molecule has 29 heavy (non-hydrogen) atoms. The molecule has 1 aliphatic carbocycles. The summed E-state index contributed by atoms with van der Waals surface area (Å²) >= 11 is 0. The molecule has 0 bridgehead atoms. The first-order chi connectivity index (χ1) is 13.8. The van der Waals surface area contributed by atoms with Gasteiger partial charge in [-0.05, 0) is 50.0 Å². The molecule has 2 fully saturated rings. The Labute approximate surface area is 173 Å². The number of sulfonamides is 1. The molecule has 162 valence electrons. The van der Waals surface area contributed by atoms with Gasteiger partial charge >= 0.3 is 6.09 Å². The number of benzene rings is 1. The number of carboxylic acid groups (broad SMARTS) is 1. The highest BCUT2D eigenvalue weighted by molar-refractivity contribution is 7.88. The molecule has 7 nitrogen and oxygen atoms in total. The molecule has 2 aliphatic rings. The number of carbonyl (C=O) groups is 1. The lowest BCUT2D eigenvalue weighted by molar-refractivity contribution is -0.00780. The first-order valence-electron chi connectivity index (χ1n) is 10.4. The van der Waals surface area contributed by atoms with Gasteiger partial charge in [-0.1, -0.05) is 37.3 Å². The summed E-state index contributed by atoms with van der Waals surface area (Å²) in [4.78, 5) is 13.2. The van der Waals surface area contributed by atoms with Crippen LogP contribution in [0.1, 0.15) is 56.9 Å². The van der Waals surface area contributed by atoms with Crippen LogP contribution in [0.3, 0.4) is 0 Å². The lowest BCUT2D eigenvalue weighted by Gasteiger charge is -2.33. The molecule has 1 aromatic carbocycles. The van der Waals surface area contributed by atoms with Crippen LogP contribution in [0.5, 0.6) is 0 Å². The summed E-state index contributed by atoms with van der Waals surface area (Å²) in [5.74, 6) is 0.544. The lowest BCUT2D eigenvalue weighted by atomic mass is 9.83. The zero-order valence-electron chi connectivity index (χ0n) is 17.2. The van der Waals surface area contributed by atoms with Crippen LogP contribution in [0.25, 0.3) is 0 Å². The molecule has 1 saturated heterocycles. The summed E-state index contributed by atoms with van der Waals surface area (Å²) in [5, 5.41) is 9.69. The molecule has 1 aromatic rings. The van der Waals surface area contributed by atoms with Crippen LogP contribution in [0.15, 0.2) is 30.3 Å². The Morgan fingerprint density at radius 1 is 1.21 bits per heavy atom. The van der Waals surface area contributed by atoms with E-state index in [4.69, 9.17) is 4.74 Å². The van der Waals surface area contributed by atoms with Crippen molar-refractivity contribution in [3.8, 4) is 0 Å². The fourth-order valence-corrected chi connectivity index (χ4v) is 5.61. The molecule has 1 saturated carbocycles. The molecular weight excluding hydrogens is 392 g/mol. The second-order valence-electron chi connectivity index (χ2n) is 8.27. The summed E-state index contributed by atoms with van der Waals surface area (Å²) in [6.07, 6.45) is 5.26. The topological polar surface area (TPSA) is 95.9 Å². The van der Waals surface area contributed by atoms with Crippen molar-refractivity contribution in [1.29, 1.82) is 0 Å². The smallest absolute Gasteiger partial charge is 0.407 e. The Balaban J connectivity index is 1.60. The third kappa shape index (κ3) is 5.71. The molecule has 1 aliphatic heterocycles. The van der Waals surface area contributed by atoms with Crippen molar-refractivity contribution >= 4 is 16.1 Å². The maximum atomic E-state index is 11.8. The number of nitrogens with zero attached hydrogens (tertiary/aromatic N) is 1. The first kappa shape index (κ1) is 22.1. The highest BCUT2D eigenvalue weighted by Crippen LogP contribution is 2.35. The Kier molecular flexibility index (Phi) is 7.19. The van der Waals surface area contributed by atoms with Gasteiger partial charge in [-0.3, -0.25) is 4.90 Å². The first-order valence-corrected chi connectivity index (χ1v) is 12.3. The Hall–Kier alpha value is -1.64. The molecule has 8 heteroatoms. The molecule has 0 aromatic heterocycles. The van der Waals surface area contributed by atoms with Crippen molar-refractivity contribution in [1.82, 2.24) is 9.62 Å². The van der Waals surface area contributed by atoms with Crippen LogP contribution >= 0.6 is 0 Å². The van der Waals surface area contributed by atoms with Gasteiger partial charge in [-0.2, -0.15) is 0 Å². The van der Waals surface area contributed by atoms with Crippen LogP contribution in [0.2, 0.25) is 0 Å². The van der Waals surface area contributed by atoms with Gasteiger partial charge in [0, 0.05) is 12.1 Å². The number of hydrogen-bond acceptors (Lipinski definition) is 4. The Bertz CT molecular complexity index is 778. The largest absolute Gasteiger partial charge is 0.465 e. The highest BCUT2D eigenvalue weighted by atomic mass is 32.2. The predicted molar refractivity (Wildman–Crippen MR) is 112 cm³/mol. The molecule has 3 unspecified atom stereocenters. The second-order valence-corrected chi connectivity index (χ2v) is 10.0. The molecule has 1 heterocycles. The minimum atomic E-state index is -3.43. The maximum absolute atomic E-state index is 11.8. The van der Waals surface area contributed by atoms with Crippen molar-refractivity contribution < 1.29 is 23.1 Å².